The molecule has 3 nitrogen and oxygen atoms in total. The fourth-order valence-electron chi connectivity index (χ4n) is 2.62. The SMILES string of the molecule is Clc1cc(NC2CCN(c3ccccn3)CC2)ccc1Br. The van der Waals surface area contributed by atoms with Crippen LogP contribution in [-0.2, 0) is 0 Å². The summed E-state index contributed by atoms with van der Waals surface area (Å²) in [7, 11) is 0. The van der Waals surface area contributed by atoms with Crippen LogP contribution in [0.25, 0.3) is 0 Å². The van der Waals surface area contributed by atoms with Gasteiger partial charge in [-0.3, -0.25) is 0 Å². The van der Waals surface area contributed by atoms with Crippen LogP contribution in [0.4, 0.5) is 11.5 Å². The zero-order chi connectivity index (χ0) is 14.7. The van der Waals surface area contributed by atoms with E-state index in [0.29, 0.717) is 6.04 Å². The number of piperidine rings is 1. The van der Waals surface area contributed by atoms with Crippen LogP contribution in [0.15, 0.2) is 47.1 Å². The standard InChI is InChI=1S/C16H17BrClN3/c17-14-5-4-13(11-15(14)18)20-12-6-9-21(10-7-12)16-3-1-2-8-19-16/h1-5,8,11-12,20H,6-7,9-10H2. The van der Waals surface area contributed by atoms with E-state index in [1.54, 1.807) is 0 Å². The quantitative estimate of drug-likeness (QED) is 0.862. The summed E-state index contributed by atoms with van der Waals surface area (Å²) in [5.41, 5.74) is 1.08. The number of aromatic nitrogens is 1. The summed E-state index contributed by atoms with van der Waals surface area (Å²) in [5, 5.41) is 4.31. The van der Waals surface area contributed by atoms with Gasteiger partial charge >= 0.3 is 0 Å². The number of benzene rings is 1. The number of anilines is 2. The van der Waals surface area contributed by atoms with E-state index in [0.717, 1.165) is 46.9 Å². The number of pyridine rings is 1. The Morgan fingerprint density at radius 3 is 2.67 bits per heavy atom. The summed E-state index contributed by atoms with van der Waals surface area (Å²) in [5.74, 6) is 1.07. The summed E-state index contributed by atoms with van der Waals surface area (Å²) >= 11 is 9.55. The van der Waals surface area contributed by atoms with Gasteiger partial charge in [-0.15, -0.1) is 0 Å². The van der Waals surface area contributed by atoms with Crippen molar-refractivity contribution in [2.75, 3.05) is 23.3 Å². The molecule has 0 saturated carbocycles. The molecule has 0 atom stereocenters. The summed E-state index contributed by atoms with van der Waals surface area (Å²) in [4.78, 5) is 6.76. The van der Waals surface area contributed by atoms with Gasteiger partial charge in [-0.1, -0.05) is 17.7 Å². The van der Waals surface area contributed by atoms with Gasteiger partial charge in [0.05, 0.1) is 5.02 Å². The Hall–Kier alpha value is -1.26. The van der Waals surface area contributed by atoms with Crippen LogP contribution in [0, 0.1) is 0 Å². The van der Waals surface area contributed by atoms with Crippen LogP contribution in [0.5, 0.6) is 0 Å². The molecule has 21 heavy (non-hydrogen) atoms. The van der Waals surface area contributed by atoms with Crippen LogP contribution < -0.4 is 10.2 Å². The zero-order valence-electron chi connectivity index (χ0n) is 11.6. The second-order valence-electron chi connectivity index (χ2n) is 5.22. The number of hydrogen-bond donors (Lipinski definition) is 1. The first kappa shape index (κ1) is 14.7. The third-order valence-corrected chi connectivity index (χ3v) is 4.99. The first-order valence-corrected chi connectivity index (χ1v) is 8.27. The van der Waals surface area contributed by atoms with Gasteiger partial charge in [0.25, 0.3) is 0 Å². The minimum atomic E-state index is 0.488. The fraction of sp³-hybridized carbons (Fsp3) is 0.312. The van der Waals surface area contributed by atoms with Crippen molar-refractivity contribution >= 4 is 39.0 Å². The van der Waals surface area contributed by atoms with Crippen molar-refractivity contribution in [2.24, 2.45) is 0 Å². The molecule has 3 rings (SSSR count). The molecule has 2 heterocycles. The van der Waals surface area contributed by atoms with Crippen molar-refractivity contribution in [1.29, 1.82) is 0 Å². The van der Waals surface area contributed by atoms with Crippen LogP contribution in [0.3, 0.4) is 0 Å². The molecule has 0 aliphatic carbocycles. The molecule has 1 aliphatic rings. The van der Waals surface area contributed by atoms with Gasteiger partial charge in [0.2, 0.25) is 0 Å². The number of rotatable bonds is 3. The van der Waals surface area contributed by atoms with Gasteiger partial charge < -0.3 is 10.2 Å². The predicted octanol–water partition coefficient (Wildman–Crippen LogP) is 4.58. The molecule has 2 aromatic rings. The van der Waals surface area contributed by atoms with Gasteiger partial charge in [-0.2, -0.15) is 0 Å². The lowest BCUT2D eigenvalue weighted by Gasteiger charge is -2.33. The van der Waals surface area contributed by atoms with Crippen LogP contribution >= 0.6 is 27.5 Å². The average Bonchev–Trinajstić information content (AvgIpc) is 2.53. The van der Waals surface area contributed by atoms with E-state index < -0.39 is 0 Å². The molecule has 0 radical (unpaired) electrons. The minimum absolute atomic E-state index is 0.488. The molecule has 0 bridgehead atoms. The second-order valence-corrected chi connectivity index (χ2v) is 6.48. The van der Waals surface area contributed by atoms with Crippen molar-refractivity contribution in [3.05, 3.63) is 52.1 Å². The van der Waals surface area contributed by atoms with Crippen LogP contribution in [-0.4, -0.2) is 24.1 Å². The Morgan fingerprint density at radius 2 is 2.00 bits per heavy atom. The maximum absolute atomic E-state index is 6.13. The third kappa shape index (κ3) is 3.69. The van der Waals surface area contributed by atoms with Crippen LogP contribution in [0.1, 0.15) is 12.8 Å². The number of hydrogen-bond acceptors (Lipinski definition) is 3. The Labute approximate surface area is 138 Å². The van der Waals surface area contributed by atoms with Gasteiger partial charge in [0.1, 0.15) is 5.82 Å². The van der Waals surface area contributed by atoms with E-state index in [9.17, 15) is 0 Å². The summed E-state index contributed by atoms with van der Waals surface area (Å²) < 4.78 is 0.930. The lowest BCUT2D eigenvalue weighted by molar-refractivity contribution is 0.523. The van der Waals surface area contributed by atoms with E-state index in [4.69, 9.17) is 11.6 Å². The van der Waals surface area contributed by atoms with Gasteiger partial charge in [0, 0.05) is 35.5 Å². The molecule has 1 aromatic carbocycles. The van der Waals surface area contributed by atoms with Gasteiger partial charge in [-0.05, 0) is 59.1 Å². The average molecular weight is 367 g/mol. The van der Waals surface area contributed by atoms with E-state index in [-0.39, 0.29) is 0 Å². The van der Waals surface area contributed by atoms with Crippen LogP contribution in [0.2, 0.25) is 5.02 Å². The Morgan fingerprint density at radius 1 is 1.19 bits per heavy atom. The zero-order valence-corrected chi connectivity index (χ0v) is 13.9. The van der Waals surface area contributed by atoms with E-state index in [2.05, 4.69) is 43.3 Å². The highest BCUT2D eigenvalue weighted by Gasteiger charge is 2.19. The first-order chi connectivity index (χ1) is 10.2. The fourth-order valence-corrected chi connectivity index (χ4v) is 3.04. The Bertz CT molecular complexity index is 598. The lowest BCUT2D eigenvalue weighted by Crippen LogP contribution is -2.39. The van der Waals surface area contributed by atoms with E-state index in [1.807, 2.05) is 30.5 Å². The number of nitrogens with zero attached hydrogens (tertiary/aromatic N) is 2. The van der Waals surface area contributed by atoms with Gasteiger partial charge in [-0.25, -0.2) is 4.98 Å². The molecule has 1 aliphatic heterocycles. The molecule has 0 spiro atoms. The molecule has 110 valence electrons. The maximum atomic E-state index is 6.13. The normalized spacial score (nSPS) is 16.0. The number of halogens is 2. The molecule has 0 unspecified atom stereocenters. The molecule has 0 amide bonds. The molecular formula is C16H17BrClN3. The highest BCUT2D eigenvalue weighted by Crippen LogP contribution is 2.27. The Balaban J connectivity index is 1.57. The molecule has 1 fully saturated rings. The van der Waals surface area contributed by atoms with Crippen molar-refractivity contribution in [3.63, 3.8) is 0 Å². The molecule has 1 saturated heterocycles. The third-order valence-electron chi connectivity index (χ3n) is 3.76. The highest BCUT2D eigenvalue weighted by molar-refractivity contribution is 9.10. The molecule has 1 N–H and O–H groups in total. The largest absolute Gasteiger partial charge is 0.382 e. The highest BCUT2D eigenvalue weighted by atomic mass is 79.9. The monoisotopic (exact) mass is 365 g/mol. The summed E-state index contributed by atoms with van der Waals surface area (Å²) in [6, 6.07) is 12.6. The smallest absolute Gasteiger partial charge is 0.128 e. The molecular weight excluding hydrogens is 350 g/mol. The van der Waals surface area contributed by atoms with Crippen molar-refractivity contribution in [2.45, 2.75) is 18.9 Å². The lowest BCUT2D eigenvalue weighted by atomic mass is 10.0. The maximum Gasteiger partial charge on any atom is 0.128 e. The summed E-state index contributed by atoms with van der Waals surface area (Å²) in [6.07, 6.45) is 4.05. The predicted molar refractivity (Wildman–Crippen MR) is 92.2 cm³/mol. The van der Waals surface area contributed by atoms with E-state index >= 15 is 0 Å². The topological polar surface area (TPSA) is 28.2 Å². The van der Waals surface area contributed by atoms with Crippen molar-refractivity contribution in [3.8, 4) is 0 Å². The second kappa shape index (κ2) is 6.67. The minimum Gasteiger partial charge on any atom is -0.382 e. The van der Waals surface area contributed by atoms with Crippen molar-refractivity contribution in [1.82, 2.24) is 4.98 Å². The Kier molecular flexibility index (Phi) is 4.66. The van der Waals surface area contributed by atoms with Gasteiger partial charge in [0.15, 0.2) is 0 Å². The summed E-state index contributed by atoms with van der Waals surface area (Å²) in [6.45, 7) is 2.05. The molecule has 5 heteroatoms. The number of nitrogens with one attached hydrogen (secondary N) is 1. The molecule has 1 aromatic heterocycles. The first-order valence-electron chi connectivity index (χ1n) is 7.10. The van der Waals surface area contributed by atoms with Crippen molar-refractivity contribution < 1.29 is 0 Å². The van der Waals surface area contributed by atoms with E-state index in [1.165, 1.54) is 0 Å².